The van der Waals surface area contributed by atoms with E-state index in [0.29, 0.717) is 29.3 Å². The Hall–Kier alpha value is -1.76. The van der Waals surface area contributed by atoms with Crippen molar-refractivity contribution < 1.29 is 14.3 Å². The maximum absolute atomic E-state index is 12.3. The predicted octanol–water partition coefficient (Wildman–Crippen LogP) is 3.19. The molecule has 7 heteroatoms. The average molecular weight is 366 g/mol. The molecule has 3 rings (SSSR count). The van der Waals surface area contributed by atoms with E-state index in [2.05, 4.69) is 16.0 Å². The molecule has 2 heterocycles. The molecule has 2 aromatic rings. The van der Waals surface area contributed by atoms with Crippen LogP contribution in [0.1, 0.15) is 31.1 Å². The minimum Gasteiger partial charge on any atom is -0.459 e. The van der Waals surface area contributed by atoms with Gasteiger partial charge in [0.25, 0.3) is 0 Å². The number of urea groups is 1. The van der Waals surface area contributed by atoms with Crippen molar-refractivity contribution in [3.05, 3.63) is 28.5 Å². The third kappa shape index (κ3) is 3.92. The fraction of sp³-hybridized carbons (Fsp3) is 0.500. The van der Waals surface area contributed by atoms with Crippen LogP contribution in [0.4, 0.5) is 10.5 Å². The Morgan fingerprint density at radius 1 is 1.48 bits per heavy atom. The van der Waals surface area contributed by atoms with E-state index in [1.807, 2.05) is 19.9 Å². The summed E-state index contributed by atoms with van der Waals surface area (Å²) >= 11 is 6.19. The molecule has 2 amide bonds. The number of carbonyl (C=O) groups is 1. The number of fused-ring (bicyclic) bond motifs is 1. The number of piperidine rings is 1. The van der Waals surface area contributed by atoms with Gasteiger partial charge in [0.2, 0.25) is 0 Å². The molecule has 1 aromatic heterocycles. The molecule has 1 aliphatic heterocycles. The minimum absolute atomic E-state index is 0.187. The Morgan fingerprint density at radius 2 is 2.28 bits per heavy atom. The summed E-state index contributed by atoms with van der Waals surface area (Å²) in [4.78, 5) is 12.3. The van der Waals surface area contributed by atoms with Gasteiger partial charge in [0, 0.05) is 29.9 Å². The average Bonchev–Trinajstić information content (AvgIpc) is 2.90. The number of furan rings is 1. The fourth-order valence-corrected chi connectivity index (χ4v) is 3.49. The van der Waals surface area contributed by atoms with Gasteiger partial charge in [-0.2, -0.15) is 0 Å². The molecule has 0 bridgehead atoms. The van der Waals surface area contributed by atoms with E-state index >= 15 is 0 Å². The monoisotopic (exact) mass is 365 g/mol. The largest absolute Gasteiger partial charge is 0.459 e. The Kier molecular flexibility index (Phi) is 5.22. The van der Waals surface area contributed by atoms with Crippen molar-refractivity contribution in [1.82, 2.24) is 10.6 Å². The van der Waals surface area contributed by atoms with Gasteiger partial charge in [0.1, 0.15) is 5.76 Å². The van der Waals surface area contributed by atoms with Crippen LogP contribution in [0.5, 0.6) is 0 Å². The van der Waals surface area contributed by atoms with Crippen LogP contribution in [0.25, 0.3) is 11.0 Å². The zero-order valence-electron chi connectivity index (χ0n) is 14.5. The molecule has 0 aliphatic carbocycles. The first-order chi connectivity index (χ1) is 11.9. The number of β-amino-alcohol motifs (C(OH)–C–C–N with tert-alkyl or cyclic N) is 1. The summed E-state index contributed by atoms with van der Waals surface area (Å²) in [6.45, 7) is 5.56. The molecule has 1 aromatic carbocycles. The first-order valence-corrected chi connectivity index (χ1v) is 8.99. The van der Waals surface area contributed by atoms with Crippen molar-refractivity contribution in [2.45, 2.75) is 38.7 Å². The van der Waals surface area contributed by atoms with Crippen molar-refractivity contribution in [1.29, 1.82) is 0 Å². The van der Waals surface area contributed by atoms with Crippen LogP contribution in [0, 0.1) is 6.92 Å². The number of hydrogen-bond donors (Lipinski definition) is 4. The first kappa shape index (κ1) is 18.0. The van der Waals surface area contributed by atoms with Gasteiger partial charge in [-0.05, 0) is 44.0 Å². The number of anilines is 1. The topological polar surface area (TPSA) is 86.5 Å². The predicted molar refractivity (Wildman–Crippen MR) is 99.4 cm³/mol. The molecule has 1 saturated heterocycles. The normalized spacial score (nSPS) is 20.6. The van der Waals surface area contributed by atoms with Crippen LogP contribution in [-0.4, -0.2) is 36.4 Å². The maximum atomic E-state index is 12.3. The molecular weight excluding hydrogens is 342 g/mol. The van der Waals surface area contributed by atoms with Crippen LogP contribution in [-0.2, 0) is 6.42 Å². The molecule has 6 nitrogen and oxygen atoms in total. The summed E-state index contributed by atoms with van der Waals surface area (Å²) in [5.41, 5.74) is 1.27. The number of amides is 2. The molecule has 1 fully saturated rings. The lowest BCUT2D eigenvalue weighted by atomic mass is 9.94. The van der Waals surface area contributed by atoms with Gasteiger partial charge in [-0.1, -0.05) is 18.5 Å². The Morgan fingerprint density at radius 3 is 2.96 bits per heavy atom. The quantitative estimate of drug-likeness (QED) is 0.670. The Balaban J connectivity index is 1.74. The zero-order chi connectivity index (χ0) is 18.0. The standard InChI is InChI=1S/C18H24ClN3O3/c1-3-15-11(2)13-7-12(19)8-14(16(13)25-15)22-17(23)21-10-18(24)5-4-6-20-9-18/h7-8,20,24H,3-6,9-10H2,1-2H3,(H2,21,22,23)/t18-/m0/s1. The summed E-state index contributed by atoms with van der Waals surface area (Å²) in [6.07, 6.45) is 2.32. The van der Waals surface area contributed by atoms with E-state index in [0.717, 1.165) is 36.1 Å². The number of carbonyl (C=O) groups excluding carboxylic acids is 1. The SMILES string of the molecule is CCc1oc2c(NC(=O)NC[C@]3(O)CCCNC3)cc(Cl)cc2c1C. The van der Waals surface area contributed by atoms with Crippen LogP contribution in [0.3, 0.4) is 0 Å². The van der Waals surface area contributed by atoms with Gasteiger partial charge in [-0.15, -0.1) is 0 Å². The van der Waals surface area contributed by atoms with Crippen molar-refractivity contribution in [2.24, 2.45) is 0 Å². The minimum atomic E-state index is -0.907. The van der Waals surface area contributed by atoms with Gasteiger partial charge >= 0.3 is 6.03 Å². The summed E-state index contributed by atoms with van der Waals surface area (Å²) in [5.74, 6) is 0.878. The van der Waals surface area contributed by atoms with Gasteiger partial charge in [0.15, 0.2) is 5.58 Å². The Bertz CT molecular complexity index is 781. The third-order valence-electron chi connectivity index (χ3n) is 4.70. The molecule has 0 unspecified atom stereocenters. The number of aryl methyl sites for hydroxylation is 2. The molecule has 0 spiro atoms. The molecular formula is C18H24ClN3O3. The van der Waals surface area contributed by atoms with Crippen molar-refractivity contribution in [3.63, 3.8) is 0 Å². The molecule has 1 aliphatic rings. The number of rotatable bonds is 4. The lowest BCUT2D eigenvalue weighted by Gasteiger charge is -2.32. The highest BCUT2D eigenvalue weighted by Gasteiger charge is 2.29. The second kappa shape index (κ2) is 7.23. The van der Waals surface area contributed by atoms with Gasteiger partial charge < -0.3 is 25.5 Å². The van der Waals surface area contributed by atoms with Crippen molar-refractivity contribution in [2.75, 3.05) is 25.0 Å². The lowest BCUT2D eigenvalue weighted by Crippen LogP contribution is -2.53. The highest BCUT2D eigenvalue weighted by atomic mass is 35.5. The van der Waals surface area contributed by atoms with Crippen molar-refractivity contribution in [3.8, 4) is 0 Å². The van der Waals surface area contributed by atoms with E-state index in [1.165, 1.54) is 0 Å². The van der Waals surface area contributed by atoms with E-state index in [4.69, 9.17) is 16.0 Å². The number of benzene rings is 1. The highest BCUT2D eigenvalue weighted by Crippen LogP contribution is 2.34. The number of hydrogen-bond acceptors (Lipinski definition) is 4. The summed E-state index contributed by atoms with van der Waals surface area (Å²) < 4.78 is 5.89. The van der Waals surface area contributed by atoms with Gasteiger partial charge in [-0.3, -0.25) is 0 Å². The van der Waals surface area contributed by atoms with Crippen LogP contribution in [0.15, 0.2) is 16.5 Å². The smallest absolute Gasteiger partial charge is 0.319 e. The summed E-state index contributed by atoms with van der Waals surface area (Å²) in [5, 5.41) is 20.5. The zero-order valence-corrected chi connectivity index (χ0v) is 15.3. The van der Waals surface area contributed by atoms with E-state index in [1.54, 1.807) is 6.07 Å². The molecule has 1 atom stereocenters. The van der Waals surface area contributed by atoms with Crippen LogP contribution in [0.2, 0.25) is 5.02 Å². The van der Waals surface area contributed by atoms with E-state index in [-0.39, 0.29) is 6.54 Å². The molecule has 0 saturated carbocycles. The third-order valence-corrected chi connectivity index (χ3v) is 4.92. The fourth-order valence-electron chi connectivity index (χ4n) is 3.28. The molecule has 0 radical (unpaired) electrons. The van der Waals surface area contributed by atoms with Crippen molar-refractivity contribution >= 4 is 34.3 Å². The lowest BCUT2D eigenvalue weighted by molar-refractivity contribution is 0.0198. The van der Waals surface area contributed by atoms with Gasteiger partial charge in [0.05, 0.1) is 11.3 Å². The summed E-state index contributed by atoms with van der Waals surface area (Å²) in [6, 6.07) is 3.12. The van der Waals surface area contributed by atoms with E-state index in [9.17, 15) is 9.90 Å². The highest BCUT2D eigenvalue weighted by molar-refractivity contribution is 6.32. The second-order valence-corrected chi connectivity index (χ2v) is 7.08. The molecule has 25 heavy (non-hydrogen) atoms. The first-order valence-electron chi connectivity index (χ1n) is 8.61. The van der Waals surface area contributed by atoms with Crippen LogP contribution < -0.4 is 16.0 Å². The Labute approximate surface area is 151 Å². The van der Waals surface area contributed by atoms with Crippen LogP contribution >= 0.6 is 11.6 Å². The number of halogens is 1. The molecule has 4 N–H and O–H groups in total. The summed E-state index contributed by atoms with van der Waals surface area (Å²) in [7, 11) is 0. The second-order valence-electron chi connectivity index (χ2n) is 6.65. The van der Waals surface area contributed by atoms with E-state index < -0.39 is 11.6 Å². The van der Waals surface area contributed by atoms with Gasteiger partial charge in [-0.25, -0.2) is 4.79 Å². The number of nitrogens with one attached hydrogen (secondary N) is 3. The number of aliphatic hydroxyl groups is 1. The molecule has 136 valence electrons. The maximum Gasteiger partial charge on any atom is 0.319 e.